The van der Waals surface area contributed by atoms with Crippen LogP contribution in [0.4, 0.5) is 0 Å². The van der Waals surface area contributed by atoms with Gasteiger partial charge in [-0.2, -0.15) is 0 Å². The van der Waals surface area contributed by atoms with Gasteiger partial charge in [0.25, 0.3) is 0 Å². The first-order chi connectivity index (χ1) is 7.89. The molecule has 1 aliphatic carbocycles. The monoisotopic (exact) mass is 215 g/mol. The summed E-state index contributed by atoms with van der Waals surface area (Å²) < 4.78 is 0. The molecule has 1 aromatic carbocycles. The molecule has 2 aliphatic rings. The molecule has 1 heteroatoms. The second-order valence-corrected chi connectivity index (χ2v) is 5.44. The first-order valence-corrected chi connectivity index (χ1v) is 6.68. The Morgan fingerprint density at radius 3 is 2.38 bits per heavy atom. The van der Waals surface area contributed by atoms with Gasteiger partial charge in [0.05, 0.1) is 0 Å². The molecule has 1 saturated heterocycles. The van der Waals surface area contributed by atoms with Crippen molar-refractivity contribution in [2.75, 3.05) is 6.54 Å². The van der Waals surface area contributed by atoms with E-state index < -0.39 is 0 Å². The first-order valence-electron chi connectivity index (χ1n) is 6.68. The van der Waals surface area contributed by atoms with Gasteiger partial charge in [0.15, 0.2) is 0 Å². The average Bonchev–Trinajstić information content (AvgIpc) is 2.93. The minimum absolute atomic E-state index is 0.593. The van der Waals surface area contributed by atoms with E-state index >= 15 is 0 Å². The molecule has 1 spiro atoms. The van der Waals surface area contributed by atoms with E-state index in [1.807, 2.05) is 0 Å². The molecule has 1 aromatic rings. The highest BCUT2D eigenvalue weighted by atomic mass is 15.2. The molecule has 16 heavy (non-hydrogen) atoms. The highest BCUT2D eigenvalue weighted by Crippen LogP contribution is 2.43. The zero-order chi connectivity index (χ0) is 10.8. The lowest BCUT2D eigenvalue weighted by molar-refractivity contribution is 0.135. The van der Waals surface area contributed by atoms with Crippen molar-refractivity contribution in [1.82, 2.24) is 4.90 Å². The quantitative estimate of drug-likeness (QED) is 0.728. The van der Waals surface area contributed by atoms with E-state index in [2.05, 4.69) is 35.2 Å². The summed E-state index contributed by atoms with van der Waals surface area (Å²) in [6.45, 7) is 2.48. The Balaban J connectivity index is 1.75. The molecule has 0 N–H and O–H groups in total. The Morgan fingerprint density at radius 2 is 1.62 bits per heavy atom. The fourth-order valence-electron chi connectivity index (χ4n) is 3.64. The first kappa shape index (κ1) is 10.3. The third kappa shape index (κ3) is 1.78. The Hall–Kier alpha value is -0.820. The number of likely N-dealkylation sites (tertiary alicyclic amines) is 1. The zero-order valence-electron chi connectivity index (χ0n) is 9.99. The molecule has 0 aromatic heterocycles. The number of rotatable bonds is 2. The second kappa shape index (κ2) is 4.21. The predicted octanol–water partition coefficient (Wildman–Crippen LogP) is 3.60. The van der Waals surface area contributed by atoms with E-state index in [0.717, 1.165) is 0 Å². The van der Waals surface area contributed by atoms with Crippen LogP contribution in [-0.2, 0) is 6.54 Å². The summed E-state index contributed by atoms with van der Waals surface area (Å²) in [6, 6.07) is 11.0. The van der Waals surface area contributed by atoms with Gasteiger partial charge >= 0.3 is 0 Å². The summed E-state index contributed by atoms with van der Waals surface area (Å²) >= 11 is 0. The van der Waals surface area contributed by atoms with Crippen LogP contribution in [0.5, 0.6) is 0 Å². The molecule has 0 amide bonds. The molecule has 0 radical (unpaired) electrons. The summed E-state index contributed by atoms with van der Waals surface area (Å²) in [4.78, 5) is 2.76. The molecular formula is C15H21N. The third-order valence-corrected chi connectivity index (χ3v) is 4.49. The van der Waals surface area contributed by atoms with E-state index in [9.17, 15) is 0 Å². The van der Waals surface area contributed by atoms with Crippen molar-refractivity contribution >= 4 is 0 Å². The van der Waals surface area contributed by atoms with Gasteiger partial charge in [-0.05, 0) is 37.8 Å². The molecule has 1 saturated carbocycles. The van der Waals surface area contributed by atoms with Gasteiger partial charge in [-0.1, -0.05) is 43.2 Å². The molecule has 0 bridgehead atoms. The number of benzene rings is 1. The molecule has 1 heterocycles. The van der Waals surface area contributed by atoms with Crippen molar-refractivity contribution < 1.29 is 0 Å². The zero-order valence-corrected chi connectivity index (χ0v) is 9.99. The SMILES string of the molecule is c1ccc(CN2CCCC23CCCC3)cc1. The van der Waals surface area contributed by atoms with Crippen molar-refractivity contribution in [1.29, 1.82) is 0 Å². The number of nitrogens with zero attached hydrogens (tertiary/aromatic N) is 1. The summed E-state index contributed by atoms with van der Waals surface area (Å²) in [5.74, 6) is 0. The molecule has 0 atom stereocenters. The van der Waals surface area contributed by atoms with Gasteiger partial charge in [0.1, 0.15) is 0 Å². The van der Waals surface area contributed by atoms with Gasteiger partial charge < -0.3 is 0 Å². The van der Waals surface area contributed by atoms with Crippen molar-refractivity contribution in [2.24, 2.45) is 0 Å². The highest BCUT2D eigenvalue weighted by Gasteiger charge is 2.42. The van der Waals surface area contributed by atoms with Gasteiger partial charge in [0, 0.05) is 12.1 Å². The van der Waals surface area contributed by atoms with E-state index in [0.29, 0.717) is 5.54 Å². The largest absolute Gasteiger partial charge is 0.293 e. The minimum atomic E-state index is 0.593. The Bertz CT molecular complexity index is 332. The summed E-state index contributed by atoms with van der Waals surface area (Å²) in [5.41, 5.74) is 2.08. The molecule has 2 fully saturated rings. The van der Waals surface area contributed by atoms with E-state index in [1.165, 1.54) is 57.2 Å². The Kier molecular flexibility index (Phi) is 2.72. The second-order valence-electron chi connectivity index (χ2n) is 5.44. The van der Waals surface area contributed by atoms with Gasteiger partial charge in [-0.25, -0.2) is 0 Å². The van der Waals surface area contributed by atoms with E-state index in [4.69, 9.17) is 0 Å². The fourth-order valence-corrected chi connectivity index (χ4v) is 3.64. The fraction of sp³-hybridized carbons (Fsp3) is 0.600. The van der Waals surface area contributed by atoms with Crippen LogP contribution in [0.25, 0.3) is 0 Å². The number of hydrogen-bond acceptors (Lipinski definition) is 1. The maximum absolute atomic E-state index is 2.76. The lowest BCUT2D eigenvalue weighted by Crippen LogP contribution is -2.40. The van der Waals surface area contributed by atoms with Crippen LogP contribution in [0.15, 0.2) is 30.3 Å². The third-order valence-electron chi connectivity index (χ3n) is 4.49. The highest BCUT2D eigenvalue weighted by molar-refractivity contribution is 5.15. The van der Waals surface area contributed by atoms with Gasteiger partial charge in [0.2, 0.25) is 0 Å². The van der Waals surface area contributed by atoms with Crippen molar-refractivity contribution in [3.05, 3.63) is 35.9 Å². The molecule has 0 unspecified atom stereocenters. The van der Waals surface area contributed by atoms with Crippen LogP contribution in [0.2, 0.25) is 0 Å². The molecule has 86 valence electrons. The summed E-state index contributed by atoms with van der Waals surface area (Å²) in [6.07, 6.45) is 8.64. The minimum Gasteiger partial charge on any atom is -0.293 e. The van der Waals surface area contributed by atoms with Crippen LogP contribution in [0, 0.1) is 0 Å². The average molecular weight is 215 g/mol. The predicted molar refractivity (Wildman–Crippen MR) is 67.3 cm³/mol. The maximum atomic E-state index is 2.76. The van der Waals surface area contributed by atoms with Crippen LogP contribution < -0.4 is 0 Å². The summed E-state index contributed by atoms with van der Waals surface area (Å²) in [7, 11) is 0. The molecule has 1 aliphatic heterocycles. The maximum Gasteiger partial charge on any atom is 0.0239 e. The van der Waals surface area contributed by atoms with Crippen molar-refractivity contribution in [3.8, 4) is 0 Å². The normalized spacial score (nSPS) is 24.2. The topological polar surface area (TPSA) is 3.24 Å². The number of hydrogen-bond donors (Lipinski definition) is 0. The molecular weight excluding hydrogens is 194 g/mol. The van der Waals surface area contributed by atoms with Crippen molar-refractivity contribution in [2.45, 2.75) is 50.6 Å². The Labute approximate surface area is 98.5 Å². The van der Waals surface area contributed by atoms with Crippen LogP contribution >= 0.6 is 0 Å². The van der Waals surface area contributed by atoms with Gasteiger partial charge in [-0.15, -0.1) is 0 Å². The van der Waals surface area contributed by atoms with Crippen LogP contribution in [0.3, 0.4) is 0 Å². The van der Waals surface area contributed by atoms with Crippen LogP contribution in [0.1, 0.15) is 44.1 Å². The lowest BCUT2D eigenvalue weighted by Gasteiger charge is -2.35. The van der Waals surface area contributed by atoms with Crippen LogP contribution in [-0.4, -0.2) is 17.0 Å². The lowest BCUT2D eigenvalue weighted by atomic mass is 9.94. The summed E-state index contributed by atoms with van der Waals surface area (Å²) in [5, 5.41) is 0. The smallest absolute Gasteiger partial charge is 0.0239 e. The van der Waals surface area contributed by atoms with E-state index in [-0.39, 0.29) is 0 Å². The standard InChI is InChI=1S/C15H21N/c1-2-7-14(8-3-1)13-16-12-6-11-15(16)9-4-5-10-15/h1-3,7-8H,4-6,9-13H2. The van der Waals surface area contributed by atoms with Gasteiger partial charge in [-0.3, -0.25) is 4.90 Å². The molecule has 3 rings (SSSR count). The van der Waals surface area contributed by atoms with E-state index in [1.54, 1.807) is 0 Å². The Morgan fingerprint density at radius 1 is 0.938 bits per heavy atom. The molecule has 1 nitrogen and oxygen atoms in total. The van der Waals surface area contributed by atoms with Crippen molar-refractivity contribution in [3.63, 3.8) is 0 Å².